The van der Waals surface area contributed by atoms with Crippen molar-refractivity contribution in [2.24, 2.45) is 17.6 Å². The molecule has 0 aliphatic carbocycles. The molecule has 0 aliphatic heterocycles. The predicted molar refractivity (Wildman–Crippen MR) is 68.1 cm³/mol. The van der Waals surface area contributed by atoms with E-state index in [1.54, 1.807) is 0 Å². The maximum atomic E-state index is 5.76. The summed E-state index contributed by atoms with van der Waals surface area (Å²) in [7, 11) is 6.44. The highest BCUT2D eigenvalue weighted by Gasteiger charge is 2.13. The van der Waals surface area contributed by atoms with Crippen molar-refractivity contribution in [2.75, 3.05) is 47.3 Å². The third kappa shape index (κ3) is 7.77. The first-order valence-corrected chi connectivity index (χ1v) is 6.00. The second-order valence-corrected chi connectivity index (χ2v) is 5.16. The van der Waals surface area contributed by atoms with Crippen molar-refractivity contribution in [3.05, 3.63) is 0 Å². The van der Waals surface area contributed by atoms with E-state index in [-0.39, 0.29) is 0 Å². The van der Waals surface area contributed by atoms with Gasteiger partial charge < -0.3 is 15.5 Å². The molecule has 0 radical (unpaired) electrons. The molecule has 2 N–H and O–H groups in total. The van der Waals surface area contributed by atoms with Gasteiger partial charge in [0.2, 0.25) is 0 Å². The van der Waals surface area contributed by atoms with Crippen molar-refractivity contribution >= 4 is 0 Å². The Hall–Kier alpha value is -0.120. The third-order valence-corrected chi connectivity index (χ3v) is 2.94. The lowest BCUT2D eigenvalue weighted by atomic mass is 9.95. The van der Waals surface area contributed by atoms with E-state index in [0.717, 1.165) is 13.1 Å². The minimum Gasteiger partial charge on any atom is -0.330 e. The Morgan fingerprint density at radius 2 is 1.67 bits per heavy atom. The van der Waals surface area contributed by atoms with Crippen LogP contribution in [0.2, 0.25) is 0 Å². The molecule has 0 fully saturated rings. The van der Waals surface area contributed by atoms with Gasteiger partial charge in [0.15, 0.2) is 0 Å². The minimum absolute atomic E-state index is 0.634. The van der Waals surface area contributed by atoms with Crippen molar-refractivity contribution in [1.82, 2.24) is 9.80 Å². The summed E-state index contributed by atoms with van der Waals surface area (Å²) in [5.74, 6) is 1.32. The van der Waals surface area contributed by atoms with Crippen LogP contribution in [-0.4, -0.2) is 57.1 Å². The smallest absolute Gasteiger partial charge is 0.00211 e. The Labute approximate surface area is 95.6 Å². The van der Waals surface area contributed by atoms with E-state index in [0.29, 0.717) is 11.8 Å². The van der Waals surface area contributed by atoms with Crippen LogP contribution in [-0.2, 0) is 0 Å². The number of hydrogen-bond acceptors (Lipinski definition) is 3. The van der Waals surface area contributed by atoms with E-state index in [1.807, 2.05) is 0 Å². The first-order valence-electron chi connectivity index (χ1n) is 6.00. The van der Waals surface area contributed by atoms with Crippen molar-refractivity contribution in [3.8, 4) is 0 Å². The predicted octanol–water partition coefficient (Wildman–Crippen LogP) is 1.10. The molecule has 0 spiro atoms. The normalized spacial score (nSPS) is 14.2. The highest BCUT2D eigenvalue weighted by Crippen LogP contribution is 2.10. The molecule has 0 amide bonds. The molecule has 0 aromatic heterocycles. The quantitative estimate of drug-likeness (QED) is 0.658. The highest BCUT2D eigenvalue weighted by atomic mass is 15.1. The number of rotatable bonds is 8. The van der Waals surface area contributed by atoms with Crippen molar-refractivity contribution in [3.63, 3.8) is 0 Å². The van der Waals surface area contributed by atoms with Crippen LogP contribution in [0.5, 0.6) is 0 Å². The van der Waals surface area contributed by atoms with Gasteiger partial charge in [0, 0.05) is 6.54 Å². The van der Waals surface area contributed by atoms with Gasteiger partial charge in [-0.1, -0.05) is 13.8 Å². The lowest BCUT2D eigenvalue weighted by molar-refractivity contribution is 0.230. The van der Waals surface area contributed by atoms with Crippen LogP contribution in [0.3, 0.4) is 0 Å². The van der Waals surface area contributed by atoms with E-state index < -0.39 is 0 Å². The fraction of sp³-hybridized carbons (Fsp3) is 1.00. The zero-order chi connectivity index (χ0) is 11.8. The molecule has 1 unspecified atom stereocenters. The van der Waals surface area contributed by atoms with E-state index >= 15 is 0 Å². The van der Waals surface area contributed by atoms with Crippen molar-refractivity contribution in [1.29, 1.82) is 0 Å². The second-order valence-electron chi connectivity index (χ2n) is 5.16. The zero-order valence-electron chi connectivity index (χ0n) is 11.2. The first kappa shape index (κ1) is 14.9. The first-order chi connectivity index (χ1) is 6.97. The van der Waals surface area contributed by atoms with E-state index in [1.165, 1.54) is 19.5 Å². The van der Waals surface area contributed by atoms with Crippen LogP contribution in [0, 0.1) is 11.8 Å². The monoisotopic (exact) mass is 215 g/mol. The molecule has 0 aromatic carbocycles. The molecule has 3 nitrogen and oxygen atoms in total. The molecule has 0 saturated heterocycles. The molecule has 0 rings (SSSR count). The van der Waals surface area contributed by atoms with Crippen LogP contribution in [0.4, 0.5) is 0 Å². The molecule has 15 heavy (non-hydrogen) atoms. The van der Waals surface area contributed by atoms with Crippen LogP contribution in [0.15, 0.2) is 0 Å². The fourth-order valence-electron chi connectivity index (χ4n) is 1.71. The van der Waals surface area contributed by atoms with Crippen LogP contribution >= 0.6 is 0 Å². The van der Waals surface area contributed by atoms with E-state index in [4.69, 9.17) is 5.73 Å². The average molecular weight is 215 g/mol. The van der Waals surface area contributed by atoms with E-state index in [9.17, 15) is 0 Å². The Bertz CT molecular complexity index is 146. The standard InChI is InChI=1S/C12H29N3/c1-11(2)12(9-13)10-15(5)8-6-7-14(3)4/h11-12H,6-10,13H2,1-5H3. The molecular weight excluding hydrogens is 186 g/mol. The van der Waals surface area contributed by atoms with Gasteiger partial charge in [-0.15, -0.1) is 0 Å². The summed E-state index contributed by atoms with van der Waals surface area (Å²) >= 11 is 0. The Morgan fingerprint density at radius 1 is 1.07 bits per heavy atom. The number of hydrogen-bond donors (Lipinski definition) is 1. The summed E-state index contributed by atoms with van der Waals surface area (Å²) in [5, 5.41) is 0. The van der Waals surface area contributed by atoms with E-state index in [2.05, 4.69) is 44.8 Å². The van der Waals surface area contributed by atoms with Gasteiger partial charge in [-0.05, 0) is 59.0 Å². The SMILES string of the molecule is CC(C)C(CN)CN(C)CCCN(C)C. The number of nitrogens with two attached hydrogens (primary N) is 1. The van der Waals surface area contributed by atoms with Gasteiger partial charge in [-0.25, -0.2) is 0 Å². The highest BCUT2D eigenvalue weighted by molar-refractivity contribution is 4.68. The summed E-state index contributed by atoms with van der Waals surface area (Å²) < 4.78 is 0. The topological polar surface area (TPSA) is 32.5 Å². The van der Waals surface area contributed by atoms with Crippen LogP contribution in [0.25, 0.3) is 0 Å². The largest absolute Gasteiger partial charge is 0.330 e. The summed E-state index contributed by atoms with van der Waals surface area (Å²) in [5.41, 5.74) is 5.76. The zero-order valence-corrected chi connectivity index (χ0v) is 11.2. The summed E-state index contributed by atoms with van der Waals surface area (Å²) in [6, 6.07) is 0. The van der Waals surface area contributed by atoms with Crippen molar-refractivity contribution in [2.45, 2.75) is 20.3 Å². The molecule has 0 aliphatic rings. The lowest BCUT2D eigenvalue weighted by Gasteiger charge is -2.26. The van der Waals surface area contributed by atoms with Crippen LogP contribution in [0.1, 0.15) is 20.3 Å². The van der Waals surface area contributed by atoms with Gasteiger partial charge in [-0.3, -0.25) is 0 Å². The average Bonchev–Trinajstić information content (AvgIpc) is 2.13. The van der Waals surface area contributed by atoms with Gasteiger partial charge >= 0.3 is 0 Å². The molecule has 1 atom stereocenters. The van der Waals surface area contributed by atoms with Gasteiger partial charge in [0.1, 0.15) is 0 Å². The molecule has 0 heterocycles. The molecule has 92 valence electrons. The Morgan fingerprint density at radius 3 is 2.07 bits per heavy atom. The molecule has 0 bridgehead atoms. The van der Waals surface area contributed by atoms with Gasteiger partial charge in [0.25, 0.3) is 0 Å². The summed E-state index contributed by atoms with van der Waals surface area (Å²) in [6.45, 7) is 8.77. The number of nitrogens with zero attached hydrogens (tertiary/aromatic N) is 2. The molecular formula is C12H29N3. The maximum Gasteiger partial charge on any atom is 0.00211 e. The Balaban J connectivity index is 3.66. The van der Waals surface area contributed by atoms with Crippen molar-refractivity contribution < 1.29 is 0 Å². The minimum atomic E-state index is 0.634. The Kier molecular flexibility index (Phi) is 8.02. The summed E-state index contributed by atoms with van der Waals surface area (Å²) in [6.07, 6.45) is 1.24. The third-order valence-electron chi connectivity index (χ3n) is 2.94. The fourth-order valence-corrected chi connectivity index (χ4v) is 1.71. The van der Waals surface area contributed by atoms with Gasteiger partial charge in [0.05, 0.1) is 0 Å². The maximum absolute atomic E-state index is 5.76. The molecule has 0 saturated carbocycles. The second kappa shape index (κ2) is 8.08. The van der Waals surface area contributed by atoms with Crippen LogP contribution < -0.4 is 5.73 Å². The molecule has 0 aromatic rings. The molecule has 3 heteroatoms. The summed E-state index contributed by atoms with van der Waals surface area (Å²) in [4.78, 5) is 4.64. The lowest BCUT2D eigenvalue weighted by Crippen LogP contribution is -2.34. The van der Waals surface area contributed by atoms with Gasteiger partial charge in [-0.2, -0.15) is 0 Å².